The van der Waals surface area contributed by atoms with Crippen LogP contribution in [0.5, 0.6) is 0 Å². The van der Waals surface area contributed by atoms with E-state index in [1.807, 2.05) is 18.7 Å². The van der Waals surface area contributed by atoms with Gasteiger partial charge in [0.25, 0.3) is 0 Å². The molecule has 78 valence electrons. The molecule has 0 radical (unpaired) electrons. The lowest BCUT2D eigenvalue weighted by molar-refractivity contribution is -0.130. The molecule has 1 heterocycles. The summed E-state index contributed by atoms with van der Waals surface area (Å²) >= 11 is 0. The minimum atomic E-state index is 0.171. The summed E-state index contributed by atoms with van der Waals surface area (Å²) in [6, 6.07) is 0.331. The summed E-state index contributed by atoms with van der Waals surface area (Å²) in [4.78, 5) is 12.9. The highest BCUT2D eigenvalue weighted by Crippen LogP contribution is 2.16. The smallest absolute Gasteiger partial charge is 0.219 e. The summed E-state index contributed by atoms with van der Waals surface area (Å²) in [5.41, 5.74) is 0. The largest absolute Gasteiger partial charge is 0.383 e. The van der Waals surface area contributed by atoms with Gasteiger partial charge in [-0.15, -0.1) is 0 Å². The lowest BCUT2D eigenvalue weighted by Crippen LogP contribution is -2.36. The van der Waals surface area contributed by atoms with E-state index in [0.717, 1.165) is 19.4 Å². The number of rotatable bonds is 2. The first kappa shape index (κ1) is 12.4. The van der Waals surface area contributed by atoms with Gasteiger partial charge in [0.2, 0.25) is 5.91 Å². The number of likely N-dealkylation sites (tertiary alicyclic amines) is 1. The number of nitrogens with zero attached hydrogens (tertiary/aromatic N) is 1. The molecule has 1 fully saturated rings. The Morgan fingerprint density at radius 2 is 2.15 bits per heavy atom. The highest BCUT2D eigenvalue weighted by Gasteiger charge is 2.25. The topological polar surface area (TPSA) is 29.5 Å². The van der Waals surface area contributed by atoms with Crippen molar-refractivity contribution in [1.29, 1.82) is 0 Å². The van der Waals surface area contributed by atoms with Gasteiger partial charge < -0.3 is 9.64 Å². The third-order valence-corrected chi connectivity index (χ3v) is 2.14. The molecule has 1 atom stereocenters. The molecule has 1 aliphatic rings. The van der Waals surface area contributed by atoms with Crippen molar-refractivity contribution in [2.24, 2.45) is 0 Å². The Bertz CT molecular complexity index is 148. The van der Waals surface area contributed by atoms with Crippen LogP contribution in [0, 0.1) is 0 Å². The number of amides is 1. The molecule has 0 aromatic heterocycles. The normalized spacial score (nSPS) is 20.9. The van der Waals surface area contributed by atoms with Crippen molar-refractivity contribution in [2.45, 2.75) is 39.7 Å². The Morgan fingerprint density at radius 3 is 2.62 bits per heavy atom. The van der Waals surface area contributed by atoms with Crippen molar-refractivity contribution < 1.29 is 9.53 Å². The molecule has 1 saturated heterocycles. The van der Waals surface area contributed by atoms with Gasteiger partial charge in [-0.25, -0.2) is 0 Å². The molecular weight excluding hydrogens is 166 g/mol. The van der Waals surface area contributed by atoms with Gasteiger partial charge in [0.15, 0.2) is 0 Å². The number of methoxy groups -OCH3 is 1. The lowest BCUT2D eigenvalue weighted by atomic mass is 10.2. The van der Waals surface area contributed by atoms with Gasteiger partial charge in [0.05, 0.1) is 12.6 Å². The second-order valence-corrected chi connectivity index (χ2v) is 2.96. The van der Waals surface area contributed by atoms with Gasteiger partial charge >= 0.3 is 0 Å². The van der Waals surface area contributed by atoms with Gasteiger partial charge in [0.1, 0.15) is 0 Å². The maximum atomic E-state index is 11.0. The number of carbonyl (C=O) groups excluding carboxylic acids is 1. The van der Waals surface area contributed by atoms with Gasteiger partial charge in [-0.2, -0.15) is 0 Å². The second kappa shape index (κ2) is 6.89. The van der Waals surface area contributed by atoms with Crippen molar-refractivity contribution in [3.8, 4) is 0 Å². The van der Waals surface area contributed by atoms with Crippen LogP contribution in [0.4, 0.5) is 0 Å². The van der Waals surface area contributed by atoms with E-state index in [4.69, 9.17) is 4.74 Å². The molecule has 0 saturated carbocycles. The molecule has 0 spiro atoms. The highest BCUT2D eigenvalue weighted by atomic mass is 16.5. The van der Waals surface area contributed by atoms with E-state index in [1.165, 1.54) is 0 Å². The molecule has 0 aromatic rings. The first-order valence-corrected chi connectivity index (χ1v) is 5.02. The van der Waals surface area contributed by atoms with Gasteiger partial charge in [-0.05, 0) is 12.8 Å². The maximum Gasteiger partial charge on any atom is 0.219 e. The average Bonchev–Trinajstić information content (AvgIpc) is 2.57. The number of ether oxygens (including phenoxy) is 1. The fourth-order valence-electron chi connectivity index (χ4n) is 1.62. The minimum absolute atomic E-state index is 0.171. The van der Waals surface area contributed by atoms with Crippen LogP contribution >= 0.6 is 0 Å². The zero-order valence-corrected chi connectivity index (χ0v) is 9.17. The monoisotopic (exact) mass is 187 g/mol. The molecule has 3 nitrogen and oxygen atoms in total. The van der Waals surface area contributed by atoms with Crippen LogP contribution in [0.15, 0.2) is 0 Å². The van der Waals surface area contributed by atoms with Gasteiger partial charge in [0, 0.05) is 20.6 Å². The zero-order valence-electron chi connectivity index (χ0n) is 9.17. The number of hydrogen-bond donors (Lipinski definition) is 0. The van der Waals surface area contributed by atoms with Crippen molar-refractivity contribution in [2.75, 3.05) is 20.3 Å². The van der Waals surface area contributed by atoms with Crippen LogP contribution in [0.1, 0.15) is 33.6 Å². The summed E-state index contributed by atoms with van der Waals surface area (Å²) in [6.45, 7) is 7.21. The SMILES string of the molecule is CC.COC[C@@H]1CCCN1C(C)=O. The van der Waals surface area contributed by atoms with E-state index in [9.17, 15) is 4.79 Å². The lowest BCUT2D eigenvalue weighted by Gasteiger charge is -2.22. The molecule has 0 unspecified atom stereocenters. The minimum Gasteiger partial charge on any atom is -0.383 e. The molecule has 1 amide bonds. The Labute approximate surface area is 81.1 Å². The fourth-order valence-corrected chi connectivity index (χ4v) is 1.62. The number of hydrogen-bond acceptors (Lipinski definition) is 2. The van der Waals surface area contributed by atoms with E-state index in [2.05, 4.69) is 0 Å². The molecule has 0 aliphatic carbocycles. The predicted molar refractivity (Wildman–Crippen MR) is 53.6 cm³/mol. The maximum absolute atomic E-state index is 11.0. The van der Waals surface area contributed by atoms with Crippen LogP contribution in [-0.4, -0.2) is 37.1 Å². The third-order valence-electron chi connectivity index (χ3n) is 2.14. The molecule has 0 bridgehead atoms. The van der Waals surface area contributed by atoms with E-state index in [0.29, 0.717) is 12.6 Å². The van der Waals surface area contributed by atoms with Crippen molar-refractivity contribution in [1.82, 2.24) is 4.90 Å². The summed E-state index contributed by atoms with van der Waals surface area (Å²) < 4.78 is 5.01. The fraction of sp³-hybridized carbons (Fsp3) is 0.900. The Morgan fingerprint density at radius 1 is 1.54 bits per heavy atom. The van der Waals surface area contributed by atoms with Gasteiger partial charge in [-0.1, -0.05) is 13.8 Å². The van der Waals surface area contributed by atoms with E-state index in [-0.39, 0.29) is 5.91 Å². The van der Waals surface area contributed by atoms with Crippen LogP contribution in [-0.2, 0) is 9.53 Å². The first-order chi connectivity index (χ1) is 6.25. The summed E-state index contributed by atoms with van der Waals surface area (Å²) in [5.74, 6) is 0.171. The van der Waals surface area contributed by atoms with Crippen LogP contribution in [0.2, 0.25) is 0 Å². The molecule has 3 heteroatoms. The molecule has 13 heavy (non-hydrogen) atoms. The van der Waals surface area contributed by atoms with E-state index < -0.39 is 0 Å². The first-order valence-electron chi connectivity index (χ1n) is 5.02. The molecule has 0 N–H and O–H groups in total. The molecule has 1 aliphatic heterocycles. The highest BCUT2D eigenvalue weighted by molar-refractivity contribution is 5.73. The number of carbonyl (C=O) groups is 1. The van der Waals surface area contributed by atoms with Crippen LogP contribution in [0.25, 0.3) is 0 Å². The predicted octanol–water partition coefficient (Wildman–Crippen LogP) is 1.67. The third kappa shape index (κ3) is 3.77. The zero-order chi connectivity index (χ0) is 10.3. The van der Waals surface area contributed by atoms with Crippen LogP contribution < -0.4 is 0 Å². The van der Waals surface area contributed by atoms with Crippen molar-refractivity contribution in [3.05, 3.63) is 0 Å². The van der Waals surface area contributed by atoms with E-state index in [1.54, 1.807) is 14.0 Å². The standard InChI is InChI=1S/C8H15NO2.C2H6/c1-7(10)9-5-3-4-8(9)6-11-2;1-2/h8H,3-6H2,1-2H3;1-2H3/t8-;/m0./s1. The second-order valence-electron chi connectivity index (χ2n) is 2.96. The van der Waals surface area contributed by atoms with Crippen LogP contribution in [0.3, 0.4) is 0 Å². The quantitative estimate of drug-likeness (QED) is 0.658. The average molecular weight is 187 g/mol. The summed E-state index contributed by atoms with van der Waals surface area (Å²) in [7, 11) is 1.68. The van der Waals surface area contributed by atoms with E-state index >= 15 is 0 Å². The van der Waals surface area contributed by atoms with Crippen molar-refractivity contribution >= 4 is 5.91 Å². The Kier molecular flexibility index (Phi) is 6.59. The summed E-state index contributed by atoms with van der Waals surface area (Å²) in [6.07, 6.45) is 2.21. The molecule has 0 aromatic carbocycles. The Hall–Kier alpha value is -0.570. The molecular formula is C10H21NO2. The van der Waals surface area contributed by atoms with Gasteiger partial charge in [-0.3, -0.25) is 4.79 Å². The van der Waals surface area contributed by atoms with Crippen molar-refractivity contribution in [3.63, 3.8) is 0 Å². The molecule has 1 rings (SSSR count). The Balaban J connectivity index is 0.000000671. The summed E-state index contributed by atoms with van der Waals surface area (Å²) in [5, 5.41) is 0.